The van der Waals surface area contributed by atoms with Crippen molar-refractivity contribution in [1.82, 2.24) is 10.6 Å². The molecule has 32 heavy (non-hydrogen) atoms. The summed E-state index contributed by atoms with van der Waals surface area (Å²) in [6, 6.07) is 16.2. The van der Waals surface area contributed by atoms with E-state index in [9.17, 15) is 14.4 Å². The quantitative estimate of drug-likeness (QED) is 0.554. The van der Waals surface area contributed by atoms with Crippen molar-refractivity contribution >= 4 is 18.0 Å². The monoisotopic (exact) mass is 434 g/mol. The number of hydrogen-bond acceptors (Lipinski definition) is 4. The Morgan fingerprint density at radius 2 is 1.66 bits per heavy atom. The summed E-state index contributed by atoms with van der Waals surface area (Å²) >= 11 is 0. The zero-order chi connectivity index (χ0) is 22.9. The van der Waals surface area contributed by atoms with Crippen LogP contribution in [0.2, 0.25) is 0 Å². The predicted octanol–water partition coefficient (Wildman–Crippen LogP) is 3.15. The van der Waals surface area contributed by atoms with Gasteiger partial charge >= 0.3 is 12.1 Å². The smallest absolute Gasteiger partial charge is 0.407 e. The third-order valence-corrected chi connectivity index (χ3v) is 5.39. The van der Waals surface area contributed by atoms with Gasteiger partial charge in [-0.3, -0.25) is 4.79 Å². The second-order valence-corrected chi connectivity index (χ2v) is 7.52. The molecule has 0 radical (unpaired) electrons. The van der Waals surface area contributed by atoms with Crippen LogP contribution in [0.25, 0.3) is 11.1 Å². The van der Waals surface area contributed by atoms with Gasteiger partial charge in [0.25, 0.3) is 0 Å². The number of amides is 2. The van der Waals surface area contributed by atoms with Crippen LogP contribution in [0.5, 0.6) is 0 Å². The van der Waals surface area contributed by atoms with Crippen LogP contribution < -0.4 is 10.6 Å². The van der Waals surface area contributed by atoms with Crippen LogP contribution in [0.4, 0.5) is 4.79 Å². The molecule has 0 aromatic heterocycles. The zero-order valence-electron chi connectivity index (χ0n) is 17.9. The average Bonchev–Trinajstić information content (AvgIpc) is 3.11. The highest BCUT2D eigenvalue weighted by molar-refractivity contribution is 5.86. The highest BCUT2D eigenvalue weighted by Crippen LogP contribution is 2.44. The number of carbonyl (C=O) groups excluding carboxylic acids is 2. The third kappa shape index (κ3) is 5.67. The molecule has 166 valence electrons. The fraction of sp³-hybridized carbons (Fsp3) is 0.320. The summed E-state index contributed by atoms with van der Waals surface area (Å²) in [5, 5.41) is 13.8. The van der Waals surface area contributed by atoms with E-state index >= 15 is 0 Å². The molecule has 0 spiro atoms. The molecule has 0 heterocycles. The van der Waals surface area contributed by atoms with Gasteiger partial charge in [-0.05, 0) is 28.7 Å². The van der Waals surface area contributed by atoms with E-state index in [4.69, 9.17) is 9.84 Å². The molecule has 2 amide bonds. The molecule has 1 aliphatic carbocycles. The first-order valence-electron chi connectivity index (χ1n) is 10.6. The minimum atomic E-state index is -1.25. The van der Waals surface area contributed by atoms with Crippen molar-refractivity contribution < 1.29 is 24.2 Å². The number of aliphatic carboxylic acids is 1. The minimum Gasteiger partial charge on any atom is -0.472 e. The van der Waals surface area contributed by atoms with E-state index in [0.29, 0.717) is 6.42 Å². The molecule has 7 nitrogen and oxygen atoms in total. The van der Waals surface area contributed by atoms with E-state index in [-0.39, 0.29) is 31.5 Å². The van der Waals surface area contributed by atoms with Crippen molar-refractivity contribution in [2.75, 3.05) is 19.7 Å². The van der Waals surface area contributed by atoms with Crippen LogP contribution in [0, 0.1) is 17.8 Å². The Hall–Kier alpha value is -3.79. The van der Waals surface area contributed by atoms with Crippen molar-refractivity contribution in [1.29, 1.82) is 0 Å². The van der Waals surface area contributed by atoms with Crippen molar-refractivity contribution in [2.45, 2.75) is 25.7 Å². The van der Waals surface area contributed by atoms with Crippen LogP contribution in [0.15, 0.2) is 48.5 Å². The first-order valence-corrected chi connectivity index (χ1v) is 10.6. The number of carboxylic acid groups (broad SMARTS) is 1. The summed E-state index contributed by atoms with van der Waals surface area (Å²) in [6.45, 7) is 2.21. The number of rotatable bonds is 8. The summed E-state index contributed by atoms with van der Waals surface area (Å²) in [5.41, 5.74) is 4.57. The van der Waals surface area contributed by atoms with Crippen LogP contribution in [-0.2, 0) is 14.3 Å². The number of benzene rings is 2. The predicted molar refractivity (Wildman–Crippen MR) is 120 cm³/mol. The highest BCUT2D eigenvalue weighted by atomic mass is 16.5. The number of carbonyl (C=O) groups is 3. The van der Waals surface area contributed by atoms with Gasteiger partial charge in [-0.15, -0.1) is 0 Å². The maximum absolute atomic E-state index is 12.3. The van der Waals surface area contributed by atoms with Crippen LogP contribution in [0.3, 0.4) is 0 Å². The lowest BCUT2D eigenvalue weighted by Gasteiger charge is -2.17. The van der Waals surface area contributed by atoms with Gasteiger partial charge in [0.05, 0.1) is 12.5 Å². The number of carboxylic acids is 1. The number of ether oxygens (including phenoxy) is 1. The Kier molecular flexibility index (Phi) is 7.87. The summed E-state index contributed by atoms with van der Waals surface area (Å²) in [5.74, 6) is 2.27. The number of nitrogens with one attached hydrogen (secondary N) is 2. The molecule has 0 saturated carbocycles. The van der Waals surface area contributed by atoms with Crippen LogP contribution in [-0.4, -0.2) is 42.8 Å². The fourth-order valence-corrected chi connectivity index (χ4v) is 3.93. The summed E-state index contributed by atoms with van der Waals surface area (Å²) < 4.78 is 5.50. The topological polar surface area (TPSA) is 105 Å². The Morgan fingerprint density at radius 3 is 2.25 bits per heavy atom. The van der Waals surface area contributed by atoms with Crippen molar-refractivity contribution in [2.24, 2.45) is 5.92 Å². The summed E-state index contributed by atoms with van der Waals surface area (Å²) in [4.78, 5) is 35.1. The lowest BCUT2D eigenvalue weighted by atomic mass is 9.98. The normalized spacial score (nSPS) is 12.5. The number of fused-ring (bicyclic) bond motifs is 3. The van der Waals surface area contributed by atoms with Crippen LogP contribution in [0.1, 0.15) is 36.8 Å². The van der Waals surface area contributed by atoms with Gasteiger partial charge in [0.2, 0.25) is 5.91 Å². The summed E-state index contributed by atoms with van der Waals surface area (Å²) in [6.07, 6.45) is 0.749. The fourth-order valence-electron chi connectivity index (χ4n) is 3.93. The lowest BCUT2D eigenvalue weighted by molar-refractivity contribution is -0.130. The minimum absolute atomic E-state index is 0.0318. The average molecular weight is 434 g/mol. The van der Waals surface area contributed by atoms with E-state index in [0.717, 1.165) is 28.7 Å². The Bertz CT molecular complexity index is 1010. The molecule has 1 unspecified atom stereocenters. The molecule has 7 heteroatoms. The van der Waals surface area contributed by atoms with Crippen molar-refractivity contribution in [3.05, 3.63) is 59.7 Å². The van der Waals surface area contributed by atoms with E-state index in [1.165, 1.54) is 0 Å². The standard InChI is InChI=1S/C25H26N2O5/c1-2-8-17(24(30)26-14-7-13-23(28)29)15-27-25(31)32-16-22-20-11-5-3-9-18(20)19-10-4-6-12-21(19)22/h3-6,9-12,17,22H,2,8,14-16H2,1H3,(H,26,30)(H,27,31)(H,28,29). The van der Waals surface area contributed by atoms with Crippen LogP contribution >= 0.6 is 0 Å². The van der Waals surface area contributed by atoms with E-state index < -0.39 is 18.0 Å². The Labute approximate surface area is 187 Å². The first-order chi connectivity index (χ1) is 15.5. The van der Waals surface area contributed by atoms with Gasteiger partial charge in [0.1, 0.15) is 6.61 Å². The molecule has 3 N–H and O–H groups in total. The van der Waals surface area contributed by atoms with Gasteiger partial charge in [-0.1, -0.05) is 67.8 Å². The summed E-state index contributed by atoms with van der Waals surface area (Å²) in [7, 11) is 0. The van der Waals surface area contributed by atoms with Gasteiger partial charge in [-0.25, -0.2) is 9.59 Å². The number of hydrogen-bond donors (Lipinski definition) is 3. The molecule has 1 aliphatic rings. The van der Waals surface area contributed by atoms with Gasteiger partial charge < -0.3 is 20.5 Å². The molecule has 0 saturated heterocycles. The molecule has 2 aromatic rings. The molecule has 0 bridgehead atoms. The third-order valence-electron chi connectivity index (χ3n) is 5.39. The largest absolute Gasteiger partial charge is 0.472 e. The molecule has 1 atom stereocenters. The Balaban J connectivity index is 1.53. The lowest BCUT2D eigenvalue weighted by Crippen LogP contribution is -2.39. The molecule has 0 fully saturated rings. The molecule has 0 aliphatic heterocycles. The molecular weight excluding hydrogens is 408 g/mol. The first kappa shape index (κ1) is 22.9. The molecule has 3 rings (SSSR count). The maximum atomic E-state index is 12.3. The van der Waals surface area contributed by atoms with E-state index in [1.54, 1.807) is 0 Å². The van der Waals surface area contributed by atoms with E-state index in [1.807, 2.05) is 37.1 Å². The molecule has 2 aromatic carbocycles. The van der Waals surface area contributed by atoms with Crippen molar-refractivity contribution in [3.8, 4) is 23.0 Å². The van der Waals surface area contributed by atoms with Gasteiger partial charge in [-0.2, -0.15) is 0 Å². The zero-order valence-corrected chi connectivity index (χ0v) is 17.9. The second kappa shape index (κ2) is 11.0. The highest BCUT2D eigenvalue weighted by Gasteiger charge is 2.29. The SMILES string of the molecule is CCCC(CNC(=O)OCC1c2ccccc2-c2ccccc21)C(=O)NCC#CC(=O)O. The van der Waals surface area contributed by atoms with Gasteiger partial charge in [0.15, 0.2) is 0 Å². The number of alkyl carbamates (subject to hydrolysis) is 1. The second-order valence-electron chi connectivity index (χ2n) is 7.52. The maximum Gasteiger partial charge on any atom is 0.407 e. The molecular formula is C25H26N2O5. The van der Waals surface area contributed by atoms with E-state index in [2.05, 4.69) is 40.8 Å². The Morgan fingerprint density at radius 1 is 1.03 bits per heavy atom. The van der Waals surface area contributed by atoms with Gasteiger partial charge in [0, 0.05) is 18.4 Å². The van der Waals surface area contributed by atoms with Crippen molar-refractivity contribution in [3.63, 3.8) is 0 Å².